The van der Waals surface area contributed by atoms with Crippen molar-refractivity contribution in [1.82, 2.24) is 5.32 Å². The summed E-state index contributed by atoms with van der Waals surface area (Å²) in [4.78, 5) is 0. The third kappa shape index (κ3) is 3.85. The van der Waals surface area contributed by atoms with Gasteiger partial charge in [-0.1, -0.05) is 6.42 Å². The standard InChI is InChI=1S/C12H16F3N/c1-16-6-4-2-3-5-9-7-11(14)12(15)8-10(9)13/h7-8,16H,2-6H2,1H3. The SMILES string of the molecule is CNCCCCCc1cc(F)c(F)cc1F. The van der Waals surface area contributed by atoms with Crippen molar-refractivity contribution >= 4 is 0 Å². The molecule has 0 saturated heterocycles. The van der Waals surface area contributed by atoms with Crippen molar-refractivity contribution in [3.05, 3.63) is 35.1 Å². The number of nitrogens with one attached hydrogen (secondary N) is 1. The van der Waals surface area contributed by atoms with Crippen LogP contribution in [0.1, 0.15) is 24.8 Å². The summed E-state index contributed by atoms with van der Waals surface area (Å²) in [5.74, 6) is -2.77. The number of rotatable bonds is 6. The second-order valence-corrected chi connectivity index (χ2v) is 3.77. The van der Waals surface area contributed by atoms with Gasteiger partial charge in [0.1, 0.15) is 5.82 Å². The van der Waals surface area contributed by atoms with Gasteiger partial charge in [-0.15, -0.1) is 0 Å². The van der Waals surface area contributed by atoms with E-state index >= 15 is 0 Å². The van der Waals surface area contributed by atoms with Gasteiger partial charge >= 0.3 is 0 Å². The van der Waals surface area contributed by atoms with Gasteiger partial charge in [-0.3, -0.25) is 0 Å². The molecule has 0 radical (unpaired) electrons. The molecule has 1 aromatic rings. The molecule has 1 nitrogen and oxygen atoms in total. The number of unbranched alkanes of at least 4 members (excludes halogenated alkanes) is 2. The summed E-state index contributed by atoms with van der Waals surface area (Å²) >= 11 is 0. The predicted octanol–water partition coefficient (Wildman–Crippen LogP) is 3.04. The molecule has 0 aliphatic heterocycles. The van der Waals surface area contributed by atoms with Gasteiger partial charge in [-0.2, -0.15) is 0 Å². The van der Waals surface area contributed by atoms with Crippen LogP contribution in [0.25, 0.3) is 0 Å². The Balaban J connectivity index is 2.45. The lowest BCUT2D eigenvalue weighted by Gasteiger charge is -2.04. The lowest BCUT2D eigenvalue weighted by atomic mass is 10.1. The fourth-order valence-corrected chi connectivity index (χ4v) is 1.55. The van der Waals surface area contributed by atoms with Gasteiger partial charge in [0.25, 0.3) is 0 Å². The van der Waals surface area contributed by atoms with Gasteiger partial charge in [0.15, 0.2) is 11.6 Å². The minimum atomic E-state index is -1.13. The van der Waals surface area contributed by atoms with E-state index in [1.165, 1.54) is 0 Å². The molecular formula is C12H16F3N. The average Bonchev–Trinajstić information content (AvgIpc) is 2.25. The zero-order valence-corrected chi connectivity index (χ0v) is 9.32. The number of aryl methyl sites for hydroxylation is 1. The van der Waals surface area contributed by atoms with Gasteiger partial charge in [0.05, 0.1) is 0 Å². The molecular weight excluding hydrogens is 215 g/mol. The number of hydrogen-bond acceptors (Lipinski definition) is 1. The molecule has 0 heterocycles. The molecule has 1 N–H and O–H groups in total. The van der Waals surface area contributed by atoms with Gasteiger partial charge in [0, 0.05) is 6.07 Å². The molecule has 90 valence electrons. The van der Waals surface area contributed by atoms with Crippen molar-refractivity contribution in [1.29, 1.82) is 0 Å². The Morgan fingerprint density at radius 2 is 1.62 bits per heavy atom. The molecule has 0 fully saturated rings. The van der Waals surface area contributed by atoms with Crippen molar-refractivity contribution in [2.75, 3.05) is 13.6 Å². The van der Waals surface area contributed by atoms with Crippen LogP contribution in [0, 0.1) is 17.5 Å². The molecule has 0 aromatic heterocycles. The van der Waals surface area contributed by atoms with Crippen LogP contribution >= 0.6 is 0 Å². The monoisotopic (exact) mass is 231 g/mol. The van der Waals surface area contributed by atoms with E-state index < -0.39 is 17.5 Å². The van der Waals surface area contributed by atoms with Crippen molar-refractivity contribution in [3.8, 4) is 0 Å². The number of hydrogen-bond donors (Lipinski definition) is 1. The average molecular weight is 231 g/mol. The molecule has 0 amide bonds. The zero-order chi connectivity index (χ0) is 12.0. The van der Waals surface area contributed by atoms with Crippen molar-refractivity contribution in [3.63, 3.8) is 0 Å². The molecule has 0 aliphatic rings. The van der Waals surface area contributed by atoms with E-state index in [1.807, 2.05) is 7.05 Å². The highest BCUT2D eigenvalue weighted by molar-refractivity contribution is 5.20. The van der Waals surface area contributed by atoms with Gasteiger partial charge < -0.3 is 5.32 Å². The highest BCUT2D eigenvalue weighted by Gasteiger charge is 2.09. The highest BCUT2D eigenvalue weighted by atomic mass is 19.2. The van der Waals surface area contributed by atoms with Gasteiger partial charge in [0.2, 0.25) is 0 Å². The molecule has 0 spiro atoms. The Labute approximate surface area is 93.7 Å². The summed E-state index contributed by atoms with van der Waals surface area (Å²) in [7, 11) is 1.87. The Morgan fingerprint density at radius 1 is 0.938 bits per heavy atom. The van der Waals surface area contributed by atoms with E-state index in [4.69, 9.17) is 0 Å². The summed E-state index contributed by atoms with van der Waals surface area (Å²) in [5, 5.41) is 3.01. The Bertz CT molecular complexity index is 339. The summed E-state index contributed by atoms with van der Waals surface area (Å²) < 4.78 is 38.6. The molecule has 0 saturated carbocycles. The van der Waals surface area contributed by atoms with Crippen molar-refractivity contribution in [2.24, 2.45) is 0 Å². The summed E-state index contributed by atoms with van der Waals surface area (Å²) in [6.07, 6.45) is 3.18. The maximum absolute atomic E-state index is 13.2. The lowest BCUT2D eigenvalue weighted by molar-refractivity contribution is 0.488. The number of benzene rings is 1. The third-order valence-corrected chi connectivity index (χ3v) is 2.46. The summed E-state index contributed by atoms with van der Waals surface area (Å²) in [6.45, 7) is 0.917. The molecule has 4 heteroatoms. The summed E-state index contributed by atoms with van der Waals surface area (Å²) in [5.41, 5.74) is 0.253. The largest absolute Gasteiger partial charge is 0.320 e. The maximum atomic E-state index is 13.2. The molecule has 1 rings (SSSR count). The number of halogens is 3. The maximum Gasteiger partial charge on any atom is 0.161 e. The molecule has 0 unspecified atom stereocenters. The zero-order valence-electron chi connectivity index (χ0n) is 9.32. The van der Waals surface area contributed by atoms with Crippen molar-refractivity contribution < 1.29 is 13.2 Å². The van der Waals surface area contributed by atoms with Gasteiger partial charge in [-0.05, 0) is 44.5 Å². The Kier molecular flexibility index (Phi) is 5.32. The first-order chi connectivity index (χ1) is 7.65. The summed E-state index contributed by atoms with van der Waals surface area (Å²) in [6, 6.07) is 1.56. The van der Waals surface area contributed by atoms with E-state index in [9.17, 15) is 13.2 Å². The van der Waals surface area contributed by atoms with Crippen LogP contribution in [0.4, 0.5) is 13.2 Å². The normalized spacial score (nSPS) is 10.8. The first kappa shape index (κ1) is 13.0. The third-order valence-electron chi connectivity index (χ3n) is 2.46. The van der Waals surface area contributed by atoms with Gasteiger partial charge in [-0.25, -0.2) is 13.2 Å². The molecule has 16 heavy (non-hydrogen) atoms. The van der Waals surface area contributed by atoms with E-state index in [-0.39, 0.29) is 5.56 Å². The van der Waals surface area contributed by atoms with Crippen LogP contribution in [0.2, 0.25) is 0 Å². The van der Waals surface area contributed by atoms with Crippen molar-refractivity contribution in [2.45, 2.75) is 25.7 Å². The first-order valence-electron chi connectivity index (χ1n) is 5.43. The smallest absolute Gasteiger partial charge is 0.161 e. The lowest BCUT2D eigenvalue weighted by Crippen LogP contribution is -2.07. The highest BCUT2D eigenvalue weighted by Crippen LogP contribution is 2.16. The van der Waals surface area contributed by atoms with Crippen LogP contribution in [0.3, 0.4) is 0 Å². The van der Waals surface area contributed by atoms with E-state index in [0.29, 0.717) is 12.5 Å². The van der Waals surface area contributed by atoms with Crippen LogP contribution in [-0.4, -0.2) is 13.6 Å². The van der Waals surface area contributed by atoms with E-state index in [1.54, 1.807) is 0 Å². The Hall–Kier alpha value is -1.03. The second-order valence-electron chi connectivity index (χ2n) is 3.77. The molecule has 1 aromatic carbocycles. The minimum Gasteiger partial charge on any atom is -0.320 e. The Morgan fingerprint density at radius 3 is 2.31 bits per heavy atom. The molecule has 0 bridgehead atoms. The second kappa shape index (κ2) is 6.53. The van der Waals surface area contributed by atoms with E-state index in [2.05, 4.69) is 5.32 Å². The topological polar surface area (TPSA) is 12.0 Å². The molecule has 0 aliphatic carbocycles. The van der Waals surface area contributed by atoms with Crippen LogP contribution < -0.4 is 5.32 Å². The predicted molar refractivity (Wildman–Crippen MR) is 57.8 cm³/mol. The van der Waals surface area contributed by atoms with Crippen LogP contribution in [-0.2, 0) is 6.42 Å². The minimum absolute atomic E-state index is 0.253. The molecule has 0 atom stereocenters. The van der Waals surface area contributed by atoms with E-state index in [0.717, 1.165) is 31.9 Å². The quantitative estimate of drug-likeness (QED) is 0.586. The van der Waals surface area contributed by atoms with Crippen LogP contribution in [0.5, 0.6) is 0 Å². The fraction of sp³-hybridized carbons (Fsp3) is 0.500. The fourth-order valence-electron chi connectivity index (χ4n) is 1.55. The van der Waals surface area contributed by atoms with Crippen LogP contribution in [0.15, 0.2) is 12.1 Å². The first-order valence-corrected chi connectivity index (χ1v) is 5.43.